The SMILES string of the molecule is CCc1ccccc1C.O=P(O)(O)O. The highest BCUT2D eigenvalue weighted by atomic mass is 31.2. The molecule has 0 saturated carbocycles. The Balaban J connectivity index is 0.000000292. The van der Waals surface area contributed by atoms with Crippen LogP contribution in [0.25, 0.3) is 0 Å². The number of benzene rings is 1. The summed E-state index contributed by atoms with van der Waals surface area (Å²) in [4.78, 5) is 21.6. The van der Waals surface area contributed by atoms with Crippen molar-refractivity contribution in [3.63, 3.8) is 0 Å². The Morgan fingerprint density at radius 1 is 1.21 bits per heavy atom. The summed E-state index contributed by atoms with van der Waals surface area (Å²) in [6.07, 6.45) is 1.15. The van der Waals surface area contributed by atoms with Gasteiger partial charge in [-0.05, 0) is 24.5 Å². The Labute approximate surface area is 83.5 Å². The average molecular weight is 218 g/mol. The lowest BCUT2D eigenvalue weighted by Crippen LogP contribution is -1.82. The summed E-state index contributed by atoms with van der Waals surface area (Å²) in [6, 6.07) is 8.49. The molecule has 4 nitrogen and oxygen atoms in total. The number of aryl methyl sites for hydroxylation is 2. The molecule has 0 unspecified atom stereocenters. The third kappa shape index (κ3) is 7.95. The molecule has 0 heterocycles. The molecule has 0 amide bonds. The van der Waals surface area contributed by atoms with Crippen molar-refractivity contribution in [2.24, 2.45) is 0 Å². The Morgan fingerprint density at radius 2 is 1.64 bits per heavy atom. The standard InChI is InChI=1S/C9H12.H3O4P/c1-3-9-7-5-4-6-8(9)2;1-5(2,3)4/h4-7H,3H2,1-2H3;(H3,1,2,3,4). The Hall–Kier alpha value is -0.670. The molecule has 0 fully saturated rings. The van der Waals surface area contributed by atoms with Gasteiger partial charge in [-0.1, -0.05) is 31.2 Å². The van der Waals surface area contributed by atoms with Crippen molar-refractivity contribution in [2.45, 2.75) is 20.3 Å². The van der Waals surface area contributed by atoms with Gasteiger partial charge in [0.05, 0.1) is 0 Å². The van der Waals surface area contributed by atoms with Crippen LogP contribution in [0.2, 0.25) is 0 Å². The third-order valence-electron chi connectivity index (χ3n) is 1.64. The van der Waals surface area contributed by atoms with Crippen LogP contribution < -0.4 is 0 Å². The molecule has 0 spiro atoms. The van der Waals surface area contributed by atoms with Crippen molar-refractivity contribution in [3.8, 4) is 0 Å². The number of phosphoric acid groups is 1. The van der Waals surface area contributed by atoms with Crippen LogP contribution in [-0.4, -0.2) is 14.7 Å². The van der Waals surface area contributed by atoms with Crippen LogP contribution in [0.15, 0.2) is 24.3 Å². The van der Waals surface area contributed by atoms with Crippen molar-refractivity contribution in [2.75, 3.05) is 0 Å². The first-order valence-electron chi connectivity index (χ1n) is 4.17. The van der Waals surface area contributed by atoms with Crippen LogP contribution in [0, 0.1) is 6.92 Å². The van der Waals surface area contributed by atoms with E-state index < -0.39 is 7.82 Å². The molecule has 0 aliphatic carbocycles. The highest BCUT2D eigenvalue weighted by Gasteiger charge is 2.00. The fraction of sp³-hybridized carbons (Fsp3) is 0.333. The second-order valence-corrected chi connectivity index (χ2v) is 3.82. The Bertz CT molecular complexity index is 310. The quantitative estimate of drug-likeness (QED) is 0.626. The van der Waals surface area contributed by atoms with Gasteiger partial charge in [-0.25, -0.2) is 4.57 Å². The minimum Gasteiger partial charge on any atom is -0.303 e. The van der Waals surface area contributed by atoms with Crippen LogP contribution in [0.3, 0.4) is 0 Å². The van der Waals surface area contributed by atoms with Crippen LogP contribution in [0.4, 0.5) is 0 Å². The molecule has 3 N–H and O–H groups in total. The fourth-order valence-corrected chi connectivity index (χ4v) is 1.01. The third-order valence-corrected chi connectivity index (χ3v) is 1.64. The van der Waals surface area contributed by atoms with E-state index in [1.165, 1.54) is 11.1 Å². The first-order chi connectivity index (χ1) is 6.34. The van der Waals surface area contributed by atoms with Crippen LogP contribution in [-0.2, 0) is 11.0 Å². The van der Waals surface area contributed by atoms with Crippen LogP contribution in [0.1, 0.15) is 18.1 Å². The first kappa shape index (κ1) is 13.3. The van der Waals surface area contributed by atoms with Gasteiger partial charge in [0.1, 0.15) is 0 Å². The summed E-state index contributed by atoms with van der Waals surface area (Å²) in [5.41, 5.74) is 2.86. The molecule has 0 bridgehead atoms. The zero-order valence-electron chi connectivity index (χ0n) is 8.21. The molecule has 1 aromatic rings. The average Bonchev–Trinajstić information content (AvgIpc) is 2.02. The molecule has 0 aromatic heterocycles. The Morgan fingerprint density at radius 3 is 1.93 bits per heavy atom. The summed E-state index contributed by atoms with van der Waals surface area (Å²) in [7, 11) is -4.64. The lowest BCUT2D eigenvalue weighted by Gasteiger charge is -1.98. The highest BCUT2D eigenvalue weighted by molar-refractivity contribution is 7.45. The van der Waals surface area contributed by atoms with E-state index in [-0.39, 0.29) is 0 Å². The molecular formula is C9H15O4P. The monoisotopic (exact) mass is 218 g/mol. The smallest absolute Gasteiger partial charge is 0.303 e. The number of rotatable bonds is 1. The van der Waals surface area contributed by atoms with E-state index >= 15 is 0 Å². The normalized spacial score (nSPS) is 10.4. The van der Waals surface area contributed by atoms with Crippen molar-refractivity contribution in [3.05, 3.63) is 35.4 Å². The molecule has 80 valence electrons. The summed E-state index contributed by atoms with van der Waals surface area (Å²) in [6.45, 7) is 4.33. The van der Waals surface area contributed by atoms with Gasteiger partial charge >= 0.3 is 7.82 Å². The largest absolute Gasteiger partial charge is 0.466 e. The summed E-state index contributed by atoms with van der Waals surface area (Å²) < 4.78 is 8.88. The van der Waals surface area contributed by atoms with E-state index in [9.17, 15) is 0 Å². The zero-order valence-corrected chi connectivity index (χ0v) is 9.11. The molecule has 1 rings (SSSR count). The minimum atomic E-state index is -4.64. The summed E-state index contributed by atoms with van der Waals surface area (Å²) >= 11 is 0. The molecule has 0 atom stereocenters. The van der Waals surface area contributed by atoms with E-state index in [0.29, 0.717) is 0 Å². The zero-order chi connectivity index (χ0) is 11.2. The molecular weight excluding hydrogens is 203 g/mol. The number of hydrogen-bond acceptors (Lipinski definition) is 1. The minimum absolute atomic E-state index is 1.15. The van der Waals surface area contributed by atoms with Gasteiger partial charge in [-0.2, -0.15) is 0 Å². The van der Waals surface area contributed by atoms with E-state index in [4.69, 9.17) is 19.2 Å². The van der Waals surface area contributed by atoms with Gasteiger partial charge in [0, 0.05) is 0 Å². The molecule has 0 aliphatic rings. The molecule has 1 aromatic carbocycles. The molecule has 14 heavy (non-hydrogen) atoms. The molecule has 0 aliphatic heterocycles. The van der Waals surface area contributed by atoms with E-state index in [0.717, 1.165) is 6.42 Å². The van der Waals surface area contributed by atoms with E-state index in [1.807, 2.05) is 0 Å². The molecule has 5 heteroatoms. The van der Waals surface area contributed by atoms with Crippen molar-refractivity contribution >= 4 is 7.82 Å². The molecule has 0 radical (unpaired) electrons. The maximum Gasteiger partial charge on any atom is 0.466 e. The van der Waals surface area contributed by atoms with Crippen LogP contribution in [0.5, 0.6) is 0 Å². The first-order valence-corrected chi connectivity index (χ1v) is 5.74. The lowest BCUT2D eigenvalue weighted by atomic mass is 10.1. The summed E-state index contributed by atoms with van der Waals surface area (Å²) in [5.74, 6) is 0. The Kier molecular flexibility index (Phi) is 5.65. The van der Waals surface area contributed by atoms with Crippen molar-refractivity contribution in [1.82, 2.24) is 0 Å². The van der Waals surface area contributed by atoms with E-state index in [2.05, 4.69) is 38.1 Å². The predicted octanol–water partition coefficient (Wildman–Crippen LogP) is 1.63. The van der Waals surface area contributed by atoms with Gasteiger partial charge in [0.2, 0.25) is 0 Å². The summed E-state index contributed by atoms with van der Waals surface area (Å²) in [5, 5.41) is 0. The highest BCUT2D eigenvalue weighted by Crippen LogP contribution is 2.25. The van der Waals surface area contributed by atoms with Gasteiger partial charge in [0.15, 0.2) is 0 Å². The van der Waals surface area contributed by atoms with Gasteiger partial charge in [-0.15, -0.1) is 0 Å². The fourth-order valence-electron chi connectivity index (χ4n) is 1.01. The number of hydrogen-bond donors (Lipinski definition) is 3. The predicted molar refractivity (Wildman–Crippen MR) is 54.8 cm³/mol. The van der Waals surface area contributed by atoms with Gasteiger partial charge in [0.25, 0.3) is 0 Å². The second-order valence-electron chi connectivity index (χ2n) is 2.79. The van der Waals surface area contributed by atoms with Crippen molar-refractivity contribution in [1.29, 1.82) is 0 Å². The lowest BCUT2D eigenvalue weighted by molar-refractivity contribution is 0.275. The van der Waals surface area contributed by atoms with Gasteiger partial charge in [-0.3, -0.25) is 0 Å². The van der Waals surface area contributed by atoms with Gasteiger partial charge < -0.3 is 14.7 Å². The maximum absolute atomic E-state index is 8.88. The topological polar surface area (TPSA) is 77.8 Å². The van der Waals surface area contributed by atoms with Crippen LogP contribution >= 0.6 is 7.82 Å². The van der Waals surface area contributed by atoms with E-state index in [1.54, 1.807) is 0 Å². The second kappa shape index (κ2) is 5.94. The maximum atomic E-state index is 8.88. The molecule has 0 saturated heterocycles. The van der Waals surface area contributed by atoms with Crippen molar-refractivity contribution < 1.29 is 19.2 Å².